The standard InChI is InChI=1S/C17H26N2O2/c20-16-8-12-2-3-13(9-16)18(12)6-1-7-19-14-4-5-15(19)11-17(21)10-14/h12-15H,1-11H2. The van der Waals surface area contributed by atoms with Crippen LogP contribution in [0.5, 0.6) is 0 Å². The van der Waals surface area contributed by atoms with Crippen LogP contribution >= 0.6 is 0 Å². The normalized spacial score (nSPS) is 40.2. The molecular weight excluding hydrogens is 264 g/mol. The van der Waals surface area contributed by atoms with Gasteiger partial charge < -0.3 is 0 Å². The first-order valence-corrected chi connectivity index (χ1v) is 8.75. The number of fused-ring (bicyclic) bond motifs is 4. The fourth-order valence-electron chi connectivity index (χ4n) is 5.29. The predicted octanol–water partition coefficient (Wildman–Crippen LogP) is 1.77. The van der Waals surface area contributed by atoms with Crippen LogP contribution in [0.4, 0.5) is 0 Å². The molecule has 21 heavy (non-hydrogen) atoms. The Morgan fingerprint density at radius 2 is 1.00 bits per heavy atom. The average molecular weight is 290 g/mol. The van der Waals surface area contributed by atoms with Crippen molar-refractivity contribution in [3.05, 3.63) is 0 Å². The quantitative estimate of drug-likeness (QED) is 0.791. The van der Waals surface area contributed by atoms with Crippen molar-refractivity contribution in [3.63, 3.8) is 0 Å². The average Bonchev–Trinajstić information content (AvgIpc) is 2.82. The number of Topliss-reactive ketones (excluding diaryl/α,β-unsaturated/α-hetero) is 2. The molecule has 4 bridgehead atoms. The molecule has 0 aliphatic carbocycles. The van der Waals surface area contributed by atoms with Crippen LogP contribution in [-0.2, 0) is 9.59 Å². The summed E-state index contributed by atoms with van der Waals surface area (Å²) in [6.07, 6.45) is 9.25. The Hall–Kier alpha value is -0.740. The molecule has 4 saturated heterocycles. The first kappa shape index (κ1) is 13.9. The van der Waals surface area contributed by atoms with Crippen molar-refractivity contribution in [1.29, 1.82) is 0 Å². The lowest BCUT2D eigenvalue weighted by molar-refractivity contribution is -0.124. The van der Waals surface area contributed by atoms with Crippen LogP contribution in [0.2, 0.25) is 0 Å². The van der Waals surface area contributed by atoms with E-state index < -0.39 is 0 Å². The summed E-state index contributed by atoms with van der Waals surface area (Å²) in [5.41, 5.74) is 0. The topological polar surface area (TPSA) is 40.6 Å². The van der Waals surface area contributed by atoms with Gasteiger partial charge in [0.2, 0.25) is 0 Å². The van der Waals surface area contributed by atoms with Crippen LogP contribution in [0.25, 0.3) is 0 Å². The summed E-state index contributed by atoms with van der Waals surface area (Å²) in [4.78, 5) is 28.5. The number of hydrogen-bond donors (Lipinski definition) is 0. The lowest BCUT2D eigenvalue weighted by Gasteiger charge is -2.37. The number of hydrogen-bond acceptors (Lipinski definition) is 4. The summed E-state index contributed by atoms with van der Waals surface area (Å²) in [5, 5.41) is 0. The second-order valence-corrected chi connectivity index (χ2v) is 7.49. The van der Waals surface area contributed by atoms with E-state index >= 15 is 0 Å². The van der Waals surface area contributed by atoms with Gasteiger partial charge in [0.25, 0.3) is 0 Å². The Kier molecular flexibility index (Phi) is 3.62. The van der Waals surface area contributed by atoms with Gasteiger partial charge in [-0.05, 0) is 45.2 Å². The van der Waals surface area contributed by atoms with Crippen molar-refractivity contribution >= 4 is 11.6 Å². The molecule has 116 valence electrons. The molecule has 4 aliphatic rings. The SMILES string of the molecule is O=C1CC2CCC(C1)N2CCCN1C2CCC1CC(=O)C2. The maximum atomic E-state index is 11.6. The zero-order chi connectivity index (χ0) is 14.4. The number of ketones is 2. The zero-order valence-corrected chi connectivity index (χ0v) is 12.8. The monoisotopic (exact) mass is 290 g/mol. The lowest BCUT2D eigenvalue weighted by atomic mass is 10.00. The predicted molar refractivity (Wildman–Crippen MR) is 80.1 cm³/mol. The van der Waals surface area contributed by atoms with Gasteiger partial charge in [0.15, 0.2) is 0 Å². The fraction of sp³-hybridized carbons (Fsp3) is 0.882. The number of carbonyl (C=O) groups excluding carboxylic acids is 2. The molecule has 0 N–H and O–H groups in total. The molecule has 4 nitrogen and oxygen atoms in total. The Labute approximate surface area is 126 Å². The van der Waals surface area contributed by atoms with Crippen LogP contribution in [0.1, 0.15) is 57.8 Å². The molecule has 4 fully saturated rings. The number of piperidine rings is 2. The number of rotatable bonds is 4. The molecule has 0 aromatic heterocycles. The highest BCUT2D eigenvalue weighted by Crippen LogP contribution is 2.36. The third-order valence-corrected chi connectivity index (χ3v) is 6.23. The first-order valence-electron chi connectivity index (χ1n) is 8.75. The van der Waals surface area contributed by atoms with Gasteiger partial charge in [-0.1, -0.05) is 0 Å². The molecule has 0 spiro atoms. The second-order valence-electron chi connectivity index (χ2n) is 7.49. The van der Waals surface area contributed by atoms with Crippen LogP contribution in [-0.4, -0.2) is 58.6 Å². The van der Waals surface area contributed by atoms with E-state index in [1.54, 1.807) is 0 Å². The van der Waals surface area contributed by atoms with Crippen LogP contribution in [0, 0.1) is 0 Å². The molecule has 4 atom stereocenters. The summed E-state index contributed by atoms with van der Waals surface area (Å²) in [6, 6.07) is 2.15. The molecule has 4 heteroatoms. The van der Waals surface area contributed by atoms with Crippen molar-refractivity contribution in [2.24, 2.45) is 0 Å². The second kappa shape index (κ2) is 5.47. The Morgan fingerprint density at radius 3 is 1.33 bits per heavy atom. The molecule has 4 aliphatic heterocycles. The van der Waals surface area contributed by atoms with Crippen molar-refractivity contribution in [3.8, 4) is 0 Å². The van der Waals surface area contributed by atoms with E-state index in [1.165, 1.54) is 32.1 Å². The molecule has 0 amide bonds. The maximum Gasteiger partial charge on any atom is 0.136 e. The van der Waals surface area contributed by atoms with E-state index in [1.807, 2.05) is 0 Å². The van der Waals surface area contributed by atoms with Gasteiger partial charge >= 0.3 is 0 Å². The molecule has 0 saturated carbocycles. The minimum atomic E-state index is 0.478. The number of nitrogens with zero attached hydrogens (tertiary/aromatic N) is 2. The minimum Gasteiger partial charge on any atom is -0.300 e. The third-order valence-electron chi connectivity index (χ3n) is 6.23. The summed E-state index contributed by atoms with van der Waals surface area (Å²) >= 11 is 0. The molecule has 4 heterocycles. The Morgan fingerprint density at radius 1 is 0.667 bits per heavy atom. The van der Waals surface area contributed by atoms with Gasteiger partial charge in [-0.25, -0.2) is 0 Å². The van der Waals surface area contributed by atoms with Crippen molar-refractivity contribution in [2.45, 2.75) is 82.0 Å². The van der Waals surface area contributed by atoms with Gasteiger partial charge in [-0.2, -0.15) is 0 Å². The van der Waals surface area contributed by atoms with Gasteiger partial charge in [0.05, 0.1) is 0 Å². The molecule has 0 radical (unpaired) electrons. The zero-order valence-electron chi connectivity index (χ0n) is 12.8. The fourth-order valence-corrected chi connectivity index (χ4v) is 5.29. The highest BCUT2D eigenvalue weighted by atomic mass is 16.1. The van der Waals surface area contributed by atoms with E-state index in [0.717, 1.165) is 38.8 Å². The minimum absolute atomic E-state index is 0.478. The Bertz CT molecular complexity index is 378. The van der Waals surface area contributed by atoms with Crippen LogP contribution < -0.4 is 0 Å². The van der Waals surface area contributed by atoms with E-state index in [0.29, 0.717) is 35.7 Å². The highest BCUT2D eigenvalue weighted by Gasteiger charge is 2.41. The smallest absolute Gasteiger partial charge is 0.136 e. The van der Waals surface area contributed by atoms with Gasteiger partial charge in [0, 0.05) is 49.9 Å². The Balaban J connectivity index is 1.29. The van der Waals surface area contributed by atoms with Crippen molar-refractivity contribution < 1.29 is 9.59 Å². The van der Waals surface area contributed by atoms with Gasteiger partial charge in [-0.15, -0.1) is 0 Å². The molecule has 4 unspecified atom stereocenters. The molecule has 0 aromatic rings. The number of carbonyl (C=O) groups is 2. The van der Waals surface area contributed by atoms with E-state index in [2.05, 4.69) is 9.80 Å². The molecular formula is C17H26N2O2. The lowest BCUT2D eigenvalue weighted by Crippen LogP contribution is -2.46. The van der Waals surface area contributed by atoms with E-state index in [9.17, 15) is 9.59 Å². The molecule has 0 aromatic carbocycles. The van der Waals surface area contributed by atoms with Crippen molar-refractivity contribution in [2.75, 3.05) is 13.1 Å². The van der Waals surface area contributed by atoms with Gasteiger partial charge in [-0.3, -0.25) is 19.4 Å². The maximum absolute atomic E-state index is 11.6. The first-order chi connectivity index (χ1) is 10.2. The van der Waals surface area contributed by atoms with Crippen molar-refractivity contribution in [1.82, 2.24) is 9.80 Å². The third kappa shape index (κ3) is 2.57. The summed E-state index contributed by atoms with van der Waals surface area (Å²) in [5.74, 6) is 0.956. The van der Waals surface area contributed by atoms with Crippen LogP contribution in [0.15, 0.2) is 0 Å². The summed E-state index contributed by atoms with van der Waals surface area (Å²) in [6.45, 7) is 2.29. The van der Waals surface area contributed by atoms with E-state index in [-0.39, 0.29) is 0 Å². The summed E-state index contributed by atoms with van der Waals surface area (Å²) < 4.78 is 0. The molecule has 4 rings (SSSR count). The largest absolute Gasteiger partial charge is 0.300 e. The highest BCUT2D eigenvalue weighted by molar-refractivity contribution is 5.81. The van der Waals surface area contributed by atoms with Crippen LogP contribution in [0.3, 0.4) is 0 Å². The van der Waals surface area contributed by atoms with E-state index in [4.69, 9.17) is 0 Å². The summed E-state index contributed by atoms with van der Waals surface area (Å²) in [7, 11) is 0. The van der Waals surface area contributed by atoms with Gasteiger partial charge in [0.1, 0.15) is 11.6 Å².